The summed E-state index contributed by atoms with van der Waals surface area (Å²) in [6.45, 7) is 8.50. The molecule has 100 valence electrons. The van der Waals surface area contributed by atoms with E-state index in [9.17, 15) is 4.79 Å². The van der Waals surface area contributed by atoms with Crippen LogP contribution in [-0.4, -0.2) is 42.8 Å². The highest BCUT2D eigenvalue weighted by Crippen LogP contribution is 2.10. The van der Waals surface area contributed by atoms with Crippen LogP contribution in [0.1, 0.15) is 46.5 Å². The summed E-state index contributed by atoms with van der Waals surface area (Å²) in [6.07, 6.45) is 4.43. The quantitative estimate of drug-likeness (QED) is 0.805. The predicted molar refractivity (Wildman–Crippen MR) is 69.1 cm³/mol. The highest BCUT2D eigenvalue weighted by Gasteiger charge is 2.21. The molecule has 1 unspecified atom stereocenters. The van der Waals surface area contributed by atoms with Gasteiger partial charge in [-0.3, -0.25) is 0 Å². The van der Waals surface area contributed by atoms with E-state index in [4.69, 9.17) is 4.74 Å². The van der Waals surface area contributed by atoms with Crippen LogP contribution in [0.25, 0.3) is 0 Å². The first-order chi connectivity index (χ1) is 8.13. The second-order valence-corrected chi connectivity index (χ2v) is 5.03. The minimum absolute atomic E-state index is 0.0406. The van der Waals surface area contributed by atoms with Crippen molar-refractivity contribution in [1.82, 2.24) is 10.2 Å². The third-order valence-electron chi connectivity index (χ3n) is 2.94. The van der Waals surface area contributed by atoms with Gasteiger partial charge < -0.3 is 15.0 Å². The molecule has 0 radical (unpaired) electrons. The molecule has 1 N–H and O–H groups in total. The second-order valence-electron chi connectivity index (χ2n) is 5.03. The molecule has 0 aliphatic carbocycles. The molecule has 1 aliphatic rings. The minimum atomic E-state index is -0.172. The lowest BCUT2D eigenvalue weighted by Crippen LogP contribution is -2.46. The van der Waals surface area contributed by atoms with Crippen molar-refractivity contribution < 1.29 is 9.53 Å². The smallest absolute Gasteiger partial charge is 0.410 e. The van der Waals surface area contributed by atoms with Crippen LogP contribution in [0.4, 0.5) is 4.79 Å². The van der Waals surface area contributed by atoms with Crippen LogP contribution in [0.3, 0.4) is 0 Å². The Morgan fingerprint density at radius 3 is 2.76 bits per heavy atom. The first kappa shape index (κ1) is 14.3. The van der Waals surface area contributed by atoms with Gasteiger partial charge in [0.2, 0.25) is 0 Å². The van der Waals surface area contributed by atoms with Crippen molar-refractivity contribution in [1.29, 1.82) is 0 Å². The molecule has 4 nitrogen and oxygen atoms in total. The SMILES string of the molecule is CCCN(CC1CCCCN1)C(=O)OC(C)C. The fourth-order valence-corrected chi connectivity index (χ4v) is 2.15. The number of nitrogens with one attached hydrogen (secondary N) is 1. The summed E-state index contributed by atoms with van der Waals surface area (Å²) in [7, 11) is 0. The van der Waals surface area contributed by atoms with E-state index in [0.29, 0.717) is 6.04 Å². The van der Waals surface area contributed by atoms with Gasteiger partial charge in [0.15, 0.2) is 0 Å². The molecular weight excluding hydrogens is 216 g/mol. The van der Waals surface area contributed by atoms with Gasteiger partial charge in [-0.2, -0.15) is 0 Å². The molecule has 17 heavy (non-hydrogen) atoms. The minimum Gasteiger partial charge on any atom is -0.447 e. The van der Waals surface area contributed by atoms with Crippen LogP contribution < -0.4 is 5.32 Å². The van der Waals surface area contributed by atoms with Gasteiger partial charge in [0.1, 0.15) is 0 Å². The van der Waals surface area contributed by atoms with Crippen LogP contribution >= 0.6 is 0 Å². The van der Waals surface area contributed by atoms with Gasteiger partial charge in [-0.25, -0.2) is 4.79 Å². The zero-order valence-electron chi connectivity index (χ0n) is 11.4. The summed E-state index contributed by atoms with van der Waals surface area (Å²) < 4.78 is 5.27. The summed E-state index contributed by atoms with van der Waals surface area (Å²) in [5, 5.41) is 3.47. The first-order valence-corrected chi connectivity index (χ1v) is 6.82. The molecule has 1 fully saturated rings. The number of ether oxygens (including phenoxy) is 1. The number of amides is 1. The van der Waals surface area contributed by atoms with E-state index in [1.807, 2.05) is 18.7 Å². The average molecular weight is 242 g/mol. The molecule has 0 bridgehead atoms. The van der Waals surface area contributed by atoms with E-state index >= 15 is 0 Å². The summed E-state index contributed by atoms with van der Waals surface area (Å²) in [5.74, 6) is 0. The highest BCUT2D eigenvalue weighted by molar-refractivity contribution is 5.67. The van der Waals surface area contributed by atoms with Gasteiger partial charge >= 0.3 is 6.09 Å². The normalized spacial score (nSPS) is 20.4. The largest absolute Gasteiger partial charge is 0.447 e. The number of carbonyl (C=O) groups is 1. The van der Waals surface area contributed by atoms with Crippen molar-refractivity contribution in [3.8, 4) is 0 Å². The highest BCUT2D eigenvalue weighted by atomic mass is 16.6. The van der Waals surface area contributed by atoms with Crippen molar-refractivity contribution in [2.24, 2.45) is 0 Å². The van der Waals surface area contributed by atoms with Crippen LogP contribution in [0.2, 0.25) is 0 Å². The zero-order chi connectivity index (χ0) is 12.7. The fourth-order valence-electron chi connectivity index (χ4n) is 2.15. The molecule has 0 aromatic carbocycles. The molecule has 1 heterocycles. The molecule has 1 saturated heterocycles. The lowest BCUT2D eigenvalue weighted by Gasteiger charge is -2.30. The van der Waals surface area contributed by atoms with Gasteiger partial charge in [0.25, 0.3) is 0 Å². The summed E-state index contributed by atoms with van der Waals surface area (Å²) in [6, 6.07) is 0.440. The summed E-state index contributed by atoms with van der Waals surface area (Å²) in [4.78, 5) is 13.7. The van der Waals surface area contributed by atoms with E-state index < -0.39 is 0 Å². The number of piperidine rings is 1. The Bertz CT molecular complexity index is 225. The summed E-state index contributed by atoms with van der Waals surface area (Å²) in [5.41, 5.74) is 0. The van der Waals surface area contributed by atoms with Crippen LogP contribution in [0, 0.1) is 0 Å². The Morgan fingerprint density at radius 1 is 1.47 bits per heavy atom. The molecule has 0 aromatic heterocycles. The van der Waals surface area contributed by atoms with E-state index in [-0.39, 0.29) is 12.2 Å². The number of nitrogens with zero attached hydrogens (tertiary/aromatic N) is 1. The van der Waals surface area contributed by atoms with Crippen molar-refractivity contribution in [2.75, 3.05) is 19.6 Å². The van der Waals surface area contributed by atoms with Crippen molar-refractivity contribution >= 4 is 6.09 Å². The van der Waals surface area contributed by atoms with Gasteiger partial charge in [0, 0.05) is 19.1 Å². The molecule has 1 atom stereocenters. The molecule has 0 saturated carbocycles. The number of hydrogen-bond acceptors (Lipinski definition) is 3. The van der Waals surface area contributed by atoms with Crippen LogP contribution in [0.15, 0.2) is 0 Å². The number of hydrogen-bond donors (Lipinski definition) is 1. The van der Waals surface area contributed by atoms with Crippen LogP contribution in [0.5, 0.6) is 0 Å². The Morgan fingerprint density at radius 2 is 2.24 bits per heavy atom. The zero-order valence-corrected chi connectivity index (χ0v) is 11.4. The molecule has 4 heteroatoms. The summed E-state index contributed by atoms with van der Waals surface area (Å²) >= 11 is 0. The maximum absolute atomic E-state index is 11.9. The monoisotopic (exact) mass is 242 g/mol. The lowest BCUT2D eigenvalue weighted by molar-refractivity contribution is 0.0725. The standard InChI is InChI=1S/C13H26N2O2/c1-4-9-15(13(16)17-11(2)3)10-12-7-5-6-8-14-12/h11-12,14H,4-10H2,1-3H3. The van der Waals surface area contributed by atoms with E-state index in [1.54, 1.807) is 0 Å². The van der Waals surface area contributed by atoms with E-state index in [2.05, 4.69) is 12.2 Å². The molecule has 1 amide bonds. The predicted octanol–water partition coefficient (Wildman–Crippen LogP) is 2.39. The Labute approximate surface area is 105 Å². The lowest BCUT2D eigenvalue weighted by atomic mass is 10.0. The van der Waals surface area contributed by atoms with Crippen molar-refractivity contribution in [2.45, 2.75) is 58.6 Å². The Kier molecular flexibility index (Phi) is 6.34. The maximum atomic E-state index is 11.9. The Balaban J connectivity index is 2.43. The fraction of sp³-hybridized carbons (Fsp3) is 0.923. The topological polar surface area (TPSA) is 41.6 Å². The van der Waals surface area contributed by atoms with E-state index in [0.717, 1.165) is 32.5 Å². The number of carbonyl (C=O) groups excluding carboxylic acids is 1. The van der Waals surface area contributed by atoms with E-state index in [1.165, 1.54) is 12.8 Å². The van der Waals surface area contributed by atoms with Gasteiger partial charge in [-0.15, -0.1) is 0 Å². The third kappa shape index (κ3) is 5.39. The Hall–Kier alpha value is -0.770. The van der Waals surface area contributed by atoms with Gasteiger partial charge in [-0.05, 0) is 39.7 Å². The van der Waals surface area contributed by atoms with Crippen LogP contribution in [-0.2, 0) is 4.74 Å². The van der Waals surface area contributed by atoms with Crippen molar-refractivity contribution in [3.63, 3.8) is 0 Å². The van der Waals surface area contributed by atoms with Gasteiger partial charge in [-0.1, -0.05) is 13.3 Å². The second kappa shape index (κ2) is 7.54. The molecular formula is C13H26N2O2. The molecule has 1 aliphatic heterocycles. The van der Waals surface area contributed by atoms with Crippen molar-refractivity contribution in [3.05, 3.63) is 0 Å². The third-order valence-corrected chi connectivity index (χ3v) is 2.94. The molecule has 1 rings (SSSR count). The molecule has 0 aromatic rings. The van der Waals surface area contributed by atoms with Gasteiger partial charge in [0.05, 0.1) is 6.10 Å². The first-order valence-electron chi connectivity index (χ1n) is 6.82. The number of rotatable bonds is 5. The average Bonchev–Trinajstić information content (AvgIpc) is 2.29. The molecule has 0 spiro atoms. The maximum Gasteiger partial charge on any atom is 0.410 e.